The summed E-state index contributed by atoms with van der Waals surface area (Å²) in [6, 6.07) is 16.1. The number of likely N-dealkylation sites (tertiary alicyclic amines) is 1. The molecule has 3 aliphatic rings. The molecule has 2 aliphatic heterocycles. The average Bonchev–Trinajstić information content (AvgIpc) is 3.55. The van der Waals surface area contributed by atoms with Crippen LogP contribution in [-0.4, -0.2) is 73.1 Å². The van der Waals surface area contributed by atoms with Crippen molar-refractivity contribution in [1.29, 1.82) is 0 Å². The van der Waals surface area contributed by atoms with Crippen LogP contribution < -0.4 is 15.6 Å². The molecule has 0 bridgehead atoms. The second-order valence-electron chi connectivity index (χ2n) is 11.6. The minimum absolute atomic E-state index is 0.140. The summed E-state index contributed by atoms with van der Waals surface area (Å²) in [5.41, 5.74) is 2.13. The van der Waals surface area contributed by atoms with Crippen LogP contribution in [0.25, 0.3) is 27.8 Å². The van der Waals surface area contributed by atoms with Gasteiger partial charge in [-0.05, 0) is 74.0 Å². The van der Waals surface area contributed by atoms with Gasteiger partial charge in [-0.1, -0.05) is 24.3 Å². The van der Waals surface area contributed by atoms with Crippen LogP contribution in [0.2, 0.25) is 0 Å². The van der Waals surface area contributed by atoms with Gasteiger partial charge >= 0.3 is 0 Å². The first kappa shape index (κ1) is 25.9. The molecule has 10 heteroatoms. The van der Waals surface area contributed by atoms with E-state index in [0.717, 1.165) is 54.9 Å². The molecule has 1 aliphatic carbocycles. The van der Waals surface area contributed by atoms with Crippen molar-refractivity contribution in [2.24, 2.45) is 5.92 Å². The summed E-state index contributed by atoms with van der Waals surface area (Å²) in [6.45, 7) is 3.06. The summed E-state index contributed by atoms with van der Waals surface area (Å²) in [5, 5.41) is 19.4. The van der Waals surface area contributed by atoms with E-state index in [4.69, 9.17) is 4.74 Å². The van der Waals surface area contributed by atoms with Crippen LogP contribution in [0.5, 0.6) is 5.75 Å². The zero-order valence-electron chi connectivity index (χ0n) is 22.9. The molecule has 2 N–H and O–H groups in total. The van der Waals surface area contributed by atoms with Gasteiger partial charge in [-0.15, -0.1) is 0 Å². The third-order valence-corrected chi connectivity index (χ3v) is 8.57. The van der Waals surface area contributed by atoms with Gasteiger partial charge in [0.2, 0.25) is 5.91 Å². The molecule has 1 amide bonds. The number of aromatic nitrogens is 4. The number of nitrogens with one attached hydrogen (secondary N) is 1. The second kappa shape index (κ2) is 10.4. The van der Waals surface area contributed by atoms with Crippen LogP contribution in [0.15, 0.2) is 65.8 Å². The maximum Gasteiger partial charge on any atom is 0.264 e. The van der Waals surface area contributed by atoms with Gasteiger partial charge in [0.25, 0.3) is 5.56 Å². The van der Waals surface area contributed by atoms with Gasteiger partial charge in [-0.3, -0.25) is 14.2 Å². The number of amides is 1. The molecule has 0 spiro atoms. The monoisotopic (exact) mass is 554 g/mol. The van der Waals surface area contributed by atoms with Crippen LogP contribution in [0, 0.1) is 5.92 Å². The van der Waals surface area contributed by atoms with Crippen molar-refractivity contribution in [3.63, 3.8) is 0 Å². The van der Waals surface area contributed by atoms with Crippen molar-refractivity contribution in [2.45, 2.75) is 50.4 Å². The molecule has 4 aromatic rings. The predicted molar refractivity (Wildman–Crippen MR) is 154 cm³/mol. The molecule has 0 unspecified atom stereocenters. The van der Waals surface area contributed by atoms with Crippen LogP contribution in [0.4, 0.5) is 0 Å². The number of benzene rings is 2. The van der Waals surface area contributed by atoms with Gasteiger partial charge in [0, 0.05) is 25.6 Å². The zero-order valence-corrected chi connectivity index (χ0v) is 22.9. The SMILES string of the molecule is O=C(C1CC1)N1CCC(O)(Cn2cnc3c(cnn3-c3ccc(-c4ccc(O[C@H]5CCNC5)cc4)cc3)c2=O)CC1. The fraction of sp³-hybridized carbons (Fsp3) is 0.419. The number of rotatable bonds is 7. The lowest BCUT2D eigenvalue weighted by molar-refractivity contribution is -0.137. The first-order chi connectivity index (χ1) is 20.0. The summed E-state index contributed by atoms with van der Waals surface area (Å²) in [4.78, 5) is 32.1. The largest absolute Gasteiger partial charge is 0.489 e. The molecular weight excluding hydrogens is 520 g/mol. The highest BCUT2D eigenvalue weighted by molar-refractivity contribution is 5.81. The fourth-order valence-corrected chi connectivity index (χ4v) is 5.90. The molecule has 2 aromatic carbocycles. The van der Waals surface area contributed by atoms with Crippen molar-refractivity contribution in [3.05, 3.63) is 71.4 Å². The van der Waals surface area contributed by atoms with E-state index in [1.54, 1.807) is 4.68 Å². The Morgan fingerprint density at radius 2 is 1.73 bits per heavy atom. The third-order valence-electron chi connectivity index (χ3n) is 8.57. The number of carbonyl (C=O) groups excluding carboxylic acids is 1. The second-order valence-corrected chi connectivity index (χ2v) is 11.6. The Morgan fingerprint density at radius 3 is 2.39 bits per heavy atom. The van der Waals surface area contributed by atoms with E-state index in [1.807, 2.05) is 41.3 Å². The zero-order chi connectivity index (χ0) is 28.0. The van der Waals surface area contributed by atoms with Crippen molar-refractivity contribution in [1.82, 2.24) is 29.5 Å². The van der Waals surface area contributed by atoms with E-state index in [1.165, 1.54) is 17.1 Å². The standard InChI is InChI=1S/C31H34N6O4/c38-29(23-1-2-23)35-15-12-31(40,13-16-35)19-36-20-33-28-27(30(36)39)18-34-37(28)24-7-3-21(4-8-24)22-5-9-25(10-6-22)41-26-11-14-32-17-26/h3-10,18,20,23,26,32,40H,1-2,11-17,19H2/t26-/m0/s1. The van der Waals surface area contributed by atoms with Crippen LogP contribution in [0.1, 0.15) is 32.1 Å². The highest BCUT2D eigenvalue weighted by Gasteiger charge is 2.39. The highest BCUT2D eigenvalue weighted by atomic mass is 16.5. The number of aliphatic hydroxyl groups is 1. The molecule has 41 heavy (non-hydrogen) atoms. The summed E-state index contributed by atoms with van der Waals surface area (Å²) in [5.74, 6) is 1.25. The quantitative estimate of drug-likeness (QED) is 0.361. The Bertz CT molecular complexity index is 1610. The van der Waals surface area contributed by atoms with Crippen molar-refractivity contribution in [3.8, 4) is 22.6 Å². The summed E-state index contributed by atoms with van der Waals surface area (Å²) in [6.07, 6.45) is 7.11. The molecule has 10 nitrogen and oxygen atoms in total. The van der Waals surface area contributed by atoms with Crippen molar-refractivity contribution >= 4 is 16.9 Å². The Hall–Kier alpha value is -4.02. The number of ether oxygens (including phenoxy) is 1. The van der Waals surface area contributed by atoms with Gasteiger partial charge in [-0.25, -0.2) is 9.67 Å². The smallest absolute Gasteiger partial charge is 0.264 e. The van der Waals surface area contributed by atoms with Gasteiger partial charge in [-0.2, -0.15) is 5.10 Å². The maximum atomic E-state index is 13.3. The van der Waals surface area contributed by atoms with Gasteiger partial charge < -0.3 is 20.1 Å². The minimum Gasteiger partial charge on any atom is -0.489 e. The lowest BCUT2D eigenvalue weighted by Crippen LogP contribution is -2.50. The molecule has 4 heterocycles. The number of carbonyl (C=O) groups is 1. The Balaban J connectivity index is 1.04. The van der Waals surface area contributed by atoms with E-state index in [0.29, 0.717) is 37.0 Å². The first-order valence-electron chi connectivity index (χ1n) is 14.5. The Labute approximate surface area is 237 Å². The lowest BCUT2D eigenvalue weighted by Gasteiger charge is -2.38. The third kappa shape index (κ3) is 5.25. The van der Waals surface area contributed by atoms with Crippen LogP contribution in [-0.2, 0) is 11.3 Å². The highest BCUT2D eigenvalue weighted by Crippen LogP contribution is 2.33. The minimum atomic E-state index is -1.05. The maximum absolute atomic E-state index is 13.3. The van der Waals surface area contributed by atoms with Crippen molar-refractivity contribution in [2.75, 3.05) is 26.2 Å². The average molecular weight is 555 g/mol. The lowest BCUT2D eigenvalue weighted by atomic mass is 9.91. The molecule has 0 radical (unpaired) electrons. The Morgan fingerprint density at radius 1 is 1.02 bits per heavy atom. The van der Waals surface area contributed by atoms with E-state index < -0.39 is 5.60 Å². The number of hydrogen-bond donors (Lipinski definition) is 2. The molecule has 2 saturated heterocycles. The first-order valence-corrected chi connectivity index (χ1v) is 14.5. The molecule has 7 rings (SSSR count). The molecular formula is C31H34N6O4. The van der Waals surface area contributed by atoms with Crippen molar-refractivity contribution < 1.29 is 14.6 Å². The van der Waals surface area contributed by atoms with E-state index in [-0.39, 0.29) is 30.0 Å². The van der Waals surface area contributed by atoms with E-state index in [2.05, 4.69) is 27.5 Å². The Kier molecular flexibility index (Phi) is 6.59. The predicted octanol–water partition coefficient (Wildman–Crippen LogP) is 2.75. The normalized spacial score (nSPS) is 20.4. The molecule has 3 fully saturated rings. The topological polar surface area (TPSA) is 115 Å². The summed E-state index contributed by atoms with van der Waals surface area (Å²) < 4.78 is 9.15. The van der Waals surface area contributed by atoms with E-state index in [9.17, 15) is 14.7 Å². The van der Waals surface area contributed by atoms with Crippen LogP contribution >= 0.6 is 0 Å². The van der Waals surface area contributed by atoms with Gasteiger partial charge in [0.1, 0.15) is 23.6 Å². The molecule has 1 saturated carbocycles. The molecule has 212 valence electrons. The van der Waals surface area contributed by atoms with E-state index >= 15 is 0 Å². The van der Waals surface area contributed by atoms with Gasteiger partial charge in [0.05, 0.1) is 24.0 Å². The molecule has 2 aromatic heterocycles. The van der Waals surface area contributed by atoms with Gasteiger partial charge in [0.15, 0.2) is 5.65 Å². The number of piperidine rings is 1. The summed E-state index contributed by atoms with van der Waals surface area (Å²) in [7, 11) is 0. The number of fused-ring (bicyclic) bond motifs is 1. The number of hydrogen-bond acceptors (Lipinski definition) is 7. The summed E-state index contributed by atoms with van der Waals surface area (Å²) >= 11 is 0. The molecule has 1 atom stereocenters. The fourth-order valence-electron chi connectivity index (χ4n) is 5.90. The van der Waals surface area contributed by atoms with Crippen LogP contribution in [0.3, 0.4) is 0 Å². The number of nitrogens with zero attached hydrogens (tertiary/aromatic N) is 5.